The average molecular weight is 344 g/mol. The summed E-state index contributed by atoms with van der Waals surface area (Å²) in [6, 6.07) is 10.9. The van der Waals surface area contributed by atoms with Crippen molar-refractivity contribution in [3.05, 3.63) is 53.6 Å². The Kier molecular flexibility index (Phi) is 6.32. The summed E-state index contributed by atoms with van der Waals surface area (Å²) in [6.45, 7) is 0. The van der Waals surface area contributed by atoms with Gasteiger partial charge in [-0.05, 0) is 42.2 Å². The zero-order chi connectivity index (χ0) is 17.5. The van der Waals surface area contributed by atoms with Crippen molar-refractivity contribution in [2.75, 3.05) is 27.6 Å². The molecule has 0 bridgehead atoms. The molecule has 0 fully saturated rings. The van der Waals surface area contributed by atoms with E-state index in [2.05, 4.69) is 0 Å². The Hall–Kier alpha value is -2.40. The molecule has 0 heterocycles. The fraction of sp³-hybridized carbons (Fsp3) is 0.211. The van der Waals surface area contributed by atoms with Gasteiger partial charge in [-0.1, -0.05) is 12.1 Å². The van der Waals surface area contributed by atoms with E-state index in [4.69, 9.17) is 14.2 Å². The van der Waals surface area contributed by atoms with Crippen LogP contribution in [0.5, 0.6) is 17.2 Å². The Morgan fingerprint density at radius 2 is 1.71 bits per heavy atom. The van der Waals surface area contributed by atoms with Gasteiger partial charge in [0, 0.05) is 11.0 Å². The second kappa shape index (κ2) is 8.45. The zero-order valence-electron chi connectivity index (χ0n) is 14.2. The highest BCUT2D eigenvalue weighted by atomic mass is 32.2. The third-order valence-corrected chi connectivity index (χ3v) is 4.29. The normalized spacial score (nSPS) is 10.7. The molecular formula is C19H20O4S. The minimum atomic E-state index is -0.137. The van der Waals surface area contributed by atoms with Gasteiger partial charge in [-0.2, -0.15) is 0 Å². The van der Waals surface area contributed by atoms with E-state index in [1.165, 1.54) is 13.2 Å². The van der Waals surface area contributed by atoms with Gasteiger partial charge in [0.1, 0.15) is 17.2 Å². The van der Waals surface area contributed by atoms with E-state index in [0.29, 0.717) is 17.1 Å². The second-order valence-electron chi connectivity index (χ2n) is 4.88. The smallest absolute Gasteiger partial charge is 0.189 e. The van der Waals surface area contributed by atoms with Crippen LogP contribution in [0.15, 0.2) is 47.4 Å². The molecule has 0 aliphatic carbocycles. The Balaban J connectivity index is 2.24. The van der Waals surface area contributed by atoms with Gasteiger partial charge in [-0.15, -0.1) is 11.8 Å². The van der Waals surface area contributed by atoms with E-state index in [-0.39, 0.29) is 5.78 Å². The number of thioether (sulfide) groups is 1. The highest BCUT2D eigenvalue weighted by molar-refractivity contribution is 7.98. The molecule has 2 aromatic rings. The quantitative estimate of drug-likeness (QED) is 0.425. The van der Waals surface area contributed by atoms with Gasteiger partial charge in [-0.25, -0.2) is 0 Å². The molecule has 0 radical (unpaired) electrons. The maximum absolute atomic E-state index is 12.4. The summed E-state index contributed by atoms with van der Waals surface area (Å²) in [5.41, 5.74) is 1.38. The van der Waals surface area contributed by atoms with Crippen molar-refractivity contribution in [1.29, 1.82) is 0 Å². The van der Waals surface area contributed by atoms with Gasteiger partial charge in [0.05, 0.1) is 26.9 Å². The van der Waals surface area contributed by atoms with Crippen LogP contribution in [-0.4, -0.2) is 33.4 Å². The first-order valence-corrected chi connectivity index (χ1v) is 8.52. The maximum Gasteiger partial charge on any atom is 0.189 e. The summed E-state index contributed by atoms with van der Waals surface area (Å²) in [5.74, 6) is 1.78. The predicted molar refractivity (Wildman–Crippen MR) is 97.7 cm³/mol. The molecular weight excluding hydrogens is 324 g/mol. The van der Waals surface area contributed by atoms with E-state index < -0.39 is 0 Å². The Morgan fingerprint density at radius 3 is 2.33 bits per heavy atom. The molecule has 126 valence electrons. The fourth-order valence-electron chi connectivity index (χ4n) is 2.22. The summed E-state index contributed by atoms with van der Waals surface area (Å²) < 4.78 is 15.8. The average Bonchev–Trinajstić information content (AvgIpc) is 2.65. The molecule has 0 aromatic heterocycles. The molecule has 2 aromatic carbocycles. The number of benzene rings is 2. The summed E-state index contributed by atoms with van der Waals surface area (Å²) in [6.07, 6.45) is 5.28. The summed E-state index contributed by atoms with van der Waals surface area (Å²) in [4.78, 5) is 13.5. The molecule has 0 amide bonds. The van der Waals surface area contributed by atoms with Crippen molar-refractivity contribution in [2.45, 2.75) is 4.90 Å². The lowest BCUT2D eigenvalue weighted by Crippen LogP contribution is -1.99. The maximum atomic E-state index is 12.4. The topological polar surface area (TPSA) is 44.8 Å². The molecule has 24 heavy (non-hydrogen) atoms. The summed E-state index contributed by atoms with van der Waals surface area (Å²) >= 11 is 1.61. The number of carbonyl (C=O) groups is 1. The molecule has 0 unspecified atom stereocenters. The number of carbonyl (C=O) groups excluding carboxylic acids is 1. The number of ketones is 1. The van der Waals surface area contributed by atoms with Crippen LogP contribution in [0, 0.1) is 0 Å². The monoisotopic (exact) mass is 344 g/mol. The van der Waals surface area contributed by atoms with Gasteiger partial charge in [0.2, 0.25) is 0 Å². The van der Waals surface area contributed by atoms with Crippen LogP contribution >= 0.6 is 11.8 Å². The lowest BCUT2D eigenvalue weighted by atomic mass is 10.1. The Bertz CT molecular complexity index is 753. The summed E-state index contributed by atoms with van der Waals surface area (Å²) in [7, 11) is 4.74. The number of methoxy groups -OCH3 is 3. The third kappa shape index (κ3) is 4.11. The van der Waals surface area contributed by atoms with Crippen LogP contribution < -0.4 is 14.2 Å². The Labute approximate surface area is 146 Å². The van der Waals surface area contributed by atoms with Gasteiger partial charge < -0.3 is 14.2 Å². The number of allylic oxidation sites excluding steroid dienone is 1. The minimum Gasteiger partial charge on any atom is -0.497 e. The van der Waals surface area contributed by atoms with E-state index >= 15 is 0 Å². The van der Waals surface area contributed by atoms with Crippen molar-refractivity contribution >= 4 is 23.6 Å². The third-order valence-electron chi connectivity index (χ3n) is 3.51. The van der Waals surface area contributed by atoms with E-state index in [1.54, 1.807) is 50.3 Å². The fourth-order valence-corrected chi connectivity index (χ4v) is 2.77. The van der Waals surface area contributed by atoms with Gasteiger partial charge in [-0.3, -0.25) is 4.79 Å². The molecule has 2 rings (SSSR count). The van der Waals surface area contributed by atoms with Crippen LogP contribution in [0.1, 0.15) is 15.9 Å². The lowest BCUT2D eigenvalue weighted by molar-refractivity contribution is 0.104. The number of rotatable bonds is 7. The van der Waals surface area contributed by atoms with Crippen LogP contribution in [0.2, 0.25) is 0 Å². The van der Waals surface area contributed by atoms with Crippen molar-refractivity contribution in [3.8, 4) is 17.2 Å². The summed E-state index contributed by atoms with van der Waals surface area (Å²) in [5, 5.41) is 0. The van der Waals surface area contributed by atoms with Crippen molar-refractivity contribution in [2.24, 2.45) is 0 Å². The molecule has 5 heteroatoms. The number of hydrogen-bond donors (Lipinski definition) is 0. The highest BCUT2D eigenvalue weighted by Crippen LogP contribution is 2.29. The van der Waals surface area contributed by atoms with Crippen molar-refractivity contribution in [3.63, 3.8) is 0 Å². The first kappa shape index (κ1) is 17.9. The molecule has 0 N–H and O–H groups in total. The van der Waals surface area contributed by atoms with Crippen LogP contribution in [0.25, 0.3) is 6.08 Å². The largest absolute Gasteiger partial charge is 0.497 e. The van der Waals surface area contributed by atoms with Gasteiger partial charge >= 0.3 is 0 Å². The first-order valence-electron chi connectivity index (χ1n) is 7.29. The molecule has 0 atom stereocenters. The van der Waals surface area contributed by atoms with Gasteiger partial charge in [0.15, 0.2) is 5.78 Å². The molecule has 0 saturated heterocycles. The van der Waals surface area contributed by atoms with Crippen molar-refractivity contribution in [1.82, 2.24) is 0 Å². The molecule has 0 aliphatic heterocycles. The highest BCUT2D eigenvalue weighted by Gasteiger charge is 2.11. The standard InChI is InChI=1S/C19H20O4S/c1-21-14-7-8-15(17(12-14)22-2)16(20)9-5-13-6-10-19(24-4)18(11-13)23-3/h5-12H,1-4H3. The van der Waals surface area contributed by atoms with Crippen LogP contribution in [0.4, 0.5) is 0 Å². The second-order valence-corrected chi connectivity index (χ2v) is 5.73. The molecule has 4 nitrogen and oxygen atoms in total. The number of hydrogen-bond acceptors (Lipinski definition) is 5. The van der Waals surface area contributed by atoms with E-state index in [9.17, 15) is 4.79 Å². The van der Waals surface area contributed by atoms with Crippen LogP contribution in [-0.2, 0) is 0 Å². The molecule has 0 spiro atoms. The van der Waals surface area contributed by atoms with E-state index in [0.717, 1.165) is 16.2 Å². The predicted octanol–water partition coefficient (Wildman–Crippen LogP) is 4.33. The van der Waals surface area contributed by atoms with Gasteiger partial charge in [0.25, 0.3) is 0 Å². The zero-order valence-corrected chi connectivity index (χ0v) is 15.0. The SMILES string of the molecule is COc1ccc(C(=O)C=Cc2ccc(SC)c(OC)c2)c(OC)c1. The number of ether oxygens (including phenoxy) is 3. The Morgan fingerprint density at radius 1 is 0.958 bits per heavy atom. The first-order chi connectivity index (χ1) is 11.6. The molecule has 0 saturated carbocycles. The van der Waals surface area contributed by atoms with Crippen LogP contribution in [0.3, 0.4) is 0 Å². The minimum absolute atomic E-state index is 0.137. The van der Waals surface area contributed by atoms with Crippen molar-refractivity contribution < 1.29 is 19.0 Å². The molecule has 0 aliphatic rings. The van der Waals surface area contributed by atoms with E-state index in [1.807, 2.05) is 24.5 Å². The lowest BCUT2D eigenvalue weighted by Gasteiger charge is -2.08.